The molecule has 2 rings (SSSR count). The van der Waals surface area contributed by atoms with Gasteiger partial charge in [-0.15, -0.1) is 11.6 Å². The average molecular weight is 272 g/mol. The number of hydrogen-bond donors (Lipinski definition) is 0. The predicted octanol–water partition coefficient (Wildman–Crippen LogP) is 5.32. The second-order valence-electron chi connectivity index (χ2n) is 3.44. The Morgan fingerprint density at radius 3 is 2.06 bits per heavy atom. The number of benzene rings is 2. The van der Waals surface area contributed by atoms with E-state index in [1.54, 1.807) is 0 Å². The van der Waals surface area contributed by atoms with Crippen molar-refractivity contribution >= 4 is 34.8 Å². The number of hydrogen-bond acceptors (Lipinski definition) is 0. The Morgan fingerprint density at radius 1 is 0.812 bits per heavy atom. The molecule has 1 atom stereocenters. The summed E-state index contributed by atoms with van der Waals surface area (Å²) in [7, 11) is 0. The molecule has 0 aliphatic heterocycles. The van der Waals surface area contributed by atoms with Gasteiger partial charge < -0.3 is 0 Å². The first kappa shape index (κ1) is 11.8. The molecule has 3 heteroatoms. The van der Waals surface area contributed by atoms with Gasteiger partial charge in [0.25, 0.3) is 0 Å². The SMILES string of the molecule is Clc1ccc([C@@H](Cl)c2ccccc2Cl)cc1. The number of rotatable bonds is 2. The van der Waals surface area contributed by atoms with Crippen LogP contribution in [0.5, 0.6) is 0 Å². The topological polar surface area (TPSA) is 0 Å². The molecule has 82 valence electrons. The minimum atomic E-state index is -0.244. The second kappa shape index (κ2) is 5.09. The zero-order chi connectivity index (χ0) is 11.5. The van der Waals surface area contributed by atoms with Crippen LogP contribution in [0.3, 0.4) is 0 Å². The van der Waals surface area contributed by atoms with E-state index in [4.69, 9.17) is 34.8 Å². The fourth-order valence-electron chi connectivity index (χ4n) is 1.49. The summed E-state index contributed by atoms with van der Waals surface area (Å²) in [4.78, 5) is 0. The van der Waals surface area contributed by atoms with Gasteiger partial charge in [-0.25, -0.2) is 0 Å². The highest BCUT2D eigenvalue weighted by molar-refractivity contribution is 6.33. The van der Waals surface area contributed by atoms with Gasteiger partial charge in [-0.05, 0) is 29.3 Å². The van der Waals surface area contributed by atoms with E-state index in [1.807, 2.05) is 48.5 Å². The molecule has 0 saturated carbocycles. The van der Waals surface area contributed by atoms with Crippen LogP contribution in [0.2, 0.25) is 10.0 Å². The Bertz CT molecular complexity index is 477. The Kier molecular flexibility index (Phi) is 3.75. The molecule has 0 aromatic heterocycles. The quantitative estimate of drug-likeness (QED) is 0.648. The third-order valence-corrected chi connectivity index (χ3v) is 3.42. The lowest BCUT2D eigenvalue weighted by atomic mass is 10.0. The molecule has 0 aliphatic rings. The van der Waals surface area contributed by atoms with Gasteiger partial charge in [-0.2, -0.15) is 0 Å². The summed E-state index contributed by atoms with van der Waals surface area (Å²) in [5.74, 6) is 0. The maximum atomic E-state index is 6.36. The summed E-state index contributed by atoms with van der Waals surface area (Å²) in [5.41, 5.74) is 1.90. The van der Waals surface area contributed by atoms with E-state index >= 15 is 0 Å². The lowest BCUT2D eigenvalue weighted by Gasteiger charge is -2.11. The molecule has 0 nitrogen and oxygen atoms in total. The second-order valence-corrected chi connectivity index (χ2v) is 4.72. The van der Waals surface area contributed by atoms with E-state index in [0.29, 0.717) is 10.0 Å². The first-order chi connectivity index (χ1) is 7.68. The van der Waals surface area contributed by atoms with E-state index in [9.17, 15) is 0 Å². The molecule has 0 fully saturated rings. The molecular formula is C13H9Cl3. The molecule has 0 bridgehead atoms. The Balaban J connectivity index is 2.35. The van der Waals surface area contributed by atoms with Crippen molar-refractivity contribution in [2.24, 2.45) is 0 Å². The van der Waals surface area contributed by atoms with E-state index in [1.165, 1.54) is 0 Å². The fourth-order valence-corrected chi connectivity index (χ4v) is 2.25. The molecule has 0 heterocycles. The Hall–Kier alpha value is -0.690. The van der Waals surface area contributed by atoms with Crippen LogP contribution in [-0.4, -0.2) is 0 Å². The summed E-state index contributed by atoms with van der Waals surface area (Å²) in [6, 6.07) is 15.0. The Morgan fingerprint density at radius 2 is 1.44 bits per heavy atom. The molecule has 0 unspecified atom stereocenters. The van der Waals surface area contributed by atoms with Crippen molar-refractivity contribution in [1.29, 1.82) is 0 Å². The predicted molar refractivity (Wildman–Crippen MR) is 70.6 cm³/mol. The minimum absolute atomic E-state index is 0.244. The van der Waals surface area contributed by atoms with E-state index < -0.39 is 0 Å². The highest BCUT2D eigenvalue weighted by Gasteiger charge is 2.13. The van der Waals surface area contributed by atoms with Crippen molar-refractivity contribution in [3.05, 3.63) is 69.7 Å². The van der Waals surface area contributed by atoms with Crippen LogP contribution < -0.4 is 0 Å². The minimum Gasteiger partial charge on any atom is -0.113 e. The number of halogens is 3. The summed E-state index contributed by atoms with van der Waals surface area (Å²) in [6.07, 6.45) is 0. The van der Waals surface area contributed by atoms with Gasteiger partial charge in [-0.1, -0.05) is 53.5 Å². The lowest BCUT2D eigenvalue weighted by molar-refractivity contribution is 1.14. The van der Waals surface area contributed by atoms with Gasteiger partial charge in [0.15, 0.2) is 0 Å². The molecule has 2 aromatic carbocycles. The van der Waals surface area contributed by atoms with Gasteiger partial charge >= 0.3 is 0 Å². The van der Waals surface area contributed by atoms with Crippen molar-refractivity contribution < 1.29 is 0 Å². The van der Waals surface area contributed by atoms with Crippen molar-refractivity contribution in [2.45, 2.75) is 5.38 Å². The third kappa shape index (κ3) is 2.52. The summed E-state index contributed by atoms with van der Waals surface area (Å²) in [5, 5.41) is 1.13. The average Bonchev–Trinajstić information content (AvgIpc) is 2.30. The maximum Gasteiger partial charge on any atom is 0.0849 e. The fraction of sp³-hybridized carbons (Fsp3) is 0.0769. The van der Waals surface area contributed by atoms with E-state index in [2.05, 4.69) is 0 Å². The first-order valence-corrected chi connectivity index (χ1v) is 6.01. The molecule has 0 amide bonds. The normalized spacial score (nSPS) is 12.4. The standard InChI is InChI=1S/C13H9Cl3/c14-10-7-5-9(6-8-10)13(16)11-3-1-2-4-12(11)15/h1-8,13H/t13-/m1/s1. The van der Waals surface area contributed by atoms with E-state index in [-0.39, 0.29) is 5.38 Å². The van der Waals surface area contributed by atoms with Gasteiger partial charge in [0.05, 0.1) is 5.38 Å². The van der Waals surface area contributed by atoms with Crippen molar-refractivity contribution in [3.63, 3.8) is 0 Å². The summed E-state index contributed by atoms with van der Waals surface area (Å²) in [6.45, 7) is 0. The molecular weight excluding hydrogens is 263 g/mol. The van der Waals surface area contributed by atoms with Gasteiger partial charge in [0, 0.05) is 10.0 Å². The zero-order valence-electron chi connectivity index (χ0n) is 8.33. The van der Waals surface area contributed by atoms with Crippen LogP contribution in [0.4, 0.5) is 0 Å². The van der Waals surface area contributed by atoms with Gasteiger partial charge in [-0.3, -0.25) is 0 Å². The highest BCUT2D eigenvalue weighted by Crippen LogP contribution is 2.33. The van der Waals surface area contributed by atoms with Crippen molar-refractivity contribution in [3.8, 4) is 0 Å². The maximum absolute atomic E-state index is 6.36. The third-order valence-electron chi connectivity index (χ3n) is 2.34. The van der Waals surface area contributed by atoms with Gasteiger partial charge in [0.1, 0.15) is 0 Å². The molecule has 0 spiro atoms. The highest BCUT2D eigenvalue weighted by atomic mass is 35.5. The molecule has 0 saturated heterocycles. The monoisotopic (exact) mass is 270 g/mol. The smallest absolute Gasteiger partial charge is 0.0849 e. The zero-order valence-corrected chi connectivity index (χ0v) is 10.6. The van der Waals surface area contributed by atoms with Crippen LogP contribution in [0, 0.1) is 0 Å². The summed E-state index contributed by atoms with van der Waals surface area (Å²) >= 11 is 18.3. The molecule has 0 radical (unpaired) electrons. The van der Waals surface area contributed by atoms with Gasteiger partial charge in [0.2, 0.25) is 0 Å². The molecule has 16 heavy (non-hydrogen) atoms. The van der Waals surface area contributed by atoms with Crippen LogP contribution in [0.1, 0.15) is 16.5 Å². The molecule has 0 N–H and O–H groups in total. The Labute approximate surface area is 110 Å². The lowest BCUT2D eigenvalue weighted by Crippen LogP contribution is -1.93. The number of alkyl halides is 1. The molecule has 2 aromatic rings. The largest absolute Gasteiger partial charge is 0.113 e. The van der Waals surface area contributed by atoms with Crippen LogP contribution in [-0.2, 0) is 0 Å². The van der Waals surface area contributed by atoms with Crippen molar-refractivity contribution in [1.82, 2.24) is 0 Å². The van der Waals surface area contributed by atoms with E-state index in [0.717, 1.165) is 11.1 Å². The van der Waals surface area contributed by atoms with Crippen LogP contribution in [0.25, 0.3) is 0 Å². The van der Waals surface area contributed by atoms with Crippen LogP contribution in [0.15, 0.2) is 48.5 Å². The molecule has 0 aliphatic carbocycles. The van der Waals surface area contributed by atoms with Crippen molar-refractivity contribution in [2.75, 3.05) is 0 Å². The first-order valence-electron chi connectivity index (χ1n) is 4.82. The van der Waals surface area contributed by atoms with Crippen LogP contribution >= 0.6 is 34.8 Å². The summed E-state index contributed by atoms with van der Waals surface area (Å²) < 4.78 is 0.